The molecule has 1 aromatic rings. The molecule has 0 bridgehead atoms. The van der Waals surface area contributed by atoms with E-state index < -0.39 is 0 Å². The van der Waals surface area contributed by atoms with Gasteiger partial charge in [-0.1, -0.05) is 19.1 Å². The highest BCUT2D eigenvalue weighted by molar-refractivity contribution is 5.78. The topological polar surface area (TPSA) is 40.6 Å². The number of benzene rings is 1. The van der Waals surface area contributed by atoms with Gasteiger partial charge in [0.15, 0.2) is 0 Å². The van der Waals surface area contributed by atoms with Gasteiger partial charge >= 0.3 is 0 Å². The molecule has 0 spiro atoms. The van der Waals surface area contributed by atoms with E-state index >= 15 is 0 Å². The highest BCUT2D eigenvalue weighted by atomic mass is 19.1. The summed E-state index contributed by atoms with van der Waals surface area (Å²) in [6, 6.07) is 6.10. The first kappa shape index (κ1) is 17.4. The van der Waals surface area contributed by atoms with Crippen LogP contribution in [0.15, 0.2) is 24.3 Å². The maximum Gasteiger partial charge on any atom is 0.224 e. The molecule has 0 unspecified atom stereocenters. The molecule has 0 radical (unpaired) electrons. The van der Waals surface area contributed by atoms with Crippen molar-refractivity contribution in [3.63, 3.8) is 0 Å². The fraction of sp³-hybridized carbons (Fsp3) is 0.556. The Labute approximate surface area is 137 Å². The summed E-state index contributed by atoms with van der Waals surface area (Å²) in [6.07, 6.45) is 2.45. The predicted octanol–water partition coefficient (Wildman–Crippen LogP) is 2.82. The van der Waals surface area contributed by atoms with E-state index in [1.165, 1.54) is 19.1 Å². The van der Waals surface area contributed by atoms with E-state index in [2.05, 4.69) is 6.92 Å². The lowest BCUT2D eigenvalue weighted by Gasteiger charge is -2.31. The molecule has 0 atom stereocenters. The second-order valence-corrected chi connectivity index (χ2v) is 6.38. The summed E-state index contributed by atoms with van der Waals surface area (Å²) in [4.78, 5) is 27.6. The average molecular weight is 320 g/mol. The van der Waals surface area contributed by atoms with Crippen molar-refractivity contribution < 1.29 is 14.0 Å². The van der Waals surface area contributed by atoms with Crippen LogP contribution in [0.5, 0.6) is 0 Å². The van der Waals surface area contributed by atoms with Gasteiger partial charge in [-0.3, -0.25) is 9.59 Å². The Bertz CT molecular complexity index is 536. The highest BCUT2D eigenvalue weighted by Gasteiger charge is 2.21. The smallest absolute Gasteiger partial charge is 0.224 e. The van der Waals surface area contributed by atoms with Gasteiger partial charge in [-0.15, -0.1) is 0 Å². The van der Waals surface area contributed by atoms with E-state index in [9.17, 15) is 14.0 Å². The average Bonchev–Trinajstić information content (AvgIpc) is 2.53. The molecular weight excluding hydrogens is 295 g/mol. The van der Waals surface area contributed by atoms with Crippen molar-refractivity contribution in [2.75, 3.05) is 19.6 Å². The number of likely N-dealkylation sites (tertiary alicyclic amines) is 1. The largest absolute Gasteiger partial charge is 0.343 e. The van der Waals surface area contributed by atoms with Crippen LogP contribution in [-0.4, -0.2) is 41.2 Å². The van der Waals surface area contributed by atoms with Crippen molar-refractivity contribution in [2.45, 2.75) is 39.7 Å². The van der Waals surface area contributed by atoms with Gasteiger partial charge in [-0.25, -0.2) is 4.39 Å². The zero-order valence-electron chi connectivity index (χ0n) is 13.9. The lowest BCUT2D eigenvalue weighted by Crippen LogP contribution is -2.40. The highest BCUT2D eigenvalue weighted by Crippen LogP contribution is 2.17. The number of rotatable bonds is 5. The zero-order valence-corrected chi connectivity index (χ0v) is 13.9. The van der Waals surface area contributed by atoms with Crippen LogP contribution >= 0.6 is 0 Å². The summed E-state index contributed by atoms with van der Waals surface area (Å²) in [6.45, 7) is 6.15. The summed E-state index contributed by atoms with van der Waals surface area (Å²) >= 11 is 0. The van der Waals surface area contributed by atoms with Crippen LogP contribution in [0.2, 0.25) is 0 Å². The third-order valence-electron chi connectivity index (χ3n) is 4.46. The minimum Gasteiger partial charge on any atom is -0.343 e. The van der Waals surface area contributed by atoms with Crippen LogP contribution in [0.25, 0.3) is 0 Å². The van der Waals surface area contributed by atoms with Crippen molar-refractivity contribution >= 4 is 11.8 Å². The molecule has 5 heteroatoms. The van der Waals surface area contributed by atoms with Gasteiger partial charge in [0.05, 0.1) is 0 Å². The van der Waals surface area contributed by atoms with E-state index in [-0.39, 0.29) is 17.6 Å². The molecule has 4 nitrogen and oxygen atoms in total. The Balaban J connectivity index is 1.85. The number of carbonyl (C=O) groups is 2. The number of piperidine rings is 1. The Morgan fingerprint density at radius 1 is 1.22 bits per heavy atom. The molecule has 126 valence electrons. The van der Waals surface area contributed by atoms with Crippen molar-refractivity contribution in [2.24, 2.45) is 5.92 Å². The lowest BCUT2D eigenvalue weighted by atomic mass is 9.99. The Morgan fingerprint density at radius 3 is 2.39 bits per heavy atom. The van der Waals surface area contributed by atoms with E-state index in [0.717, 1.165) is 31.5 Å². The summed E-state index contributed by atoms with van der Waals surface area (Å²) in [5, 5.41) is 0. The quantitative estimate of drug-likeness (QED) is 0.837. The molecule has 2 amide bonds. The van der Waals surface area contributed by atoms with Gasteiger partial charge in [0.25, 0.3) is 0 Å². The van der Waals surface area contributed by atoms with Crippen LogP contribution in [0, 0.1) is 11.7 Å². The predicted molar refractivity (Wildman–Crippen MR) is 87.1 cm³/mol. The van der Waals surface area contributed by atoms with E-state index in [1.54, 1.807) is 17.0 Å². The van der Waals surface area contributed by atoms with Gasteiger partial charge in [-0.2, -0.15) is 0 Å². The molecule has 1 aromatic carbocycles. The van der Waals surface area contributed by atoms with Crippen molar-refractivity contribution in [1.82, 2.24) is 9.80 Å². The molecule has 0 aliphatic carbocycles. The second kappa shape index (κ2) is 8.09. The Morgan fingerprint density at radius 2 is 1.83 bits per heavy atom. The van der Waals surface area contributed by atoms with Gasteiger partial charge in [0.1, 0.15) is 5.82 Å². The molecule has 23 heavy (non-hydrogen) atoms. The van der Waals surface area contributed by atoms with E-state index in [1.807, 2.05) is 4.90 Å². The molecule has 0 aromatic heterocycles. The molecule has 0 saturated carbocycles. The van der Waals surface area contributed by atoms with Crippen molar-refractivity contribution in [3.05, 3.63) is 35.6 Å². The van der Waals surface area contributed by atoms with Crippen LogP contribution in [0.3, 0.4) is 0 Å². The van der Waals surface area contributed by atoms with Crippen LogP contribution in [0.1, 0.15) is 38.7 Å². The first-order valence-corrected chi connectivity index (χ1v) is 8.23. The zero-order chi connectivity index (χ0) is 16.8. The van der Waals surface area contributed by atoms with Crippen molar-refractivity contribution in [1.29, 1.82) is 0 Å². The van der Waals surface area contributed by atoms with Crippen molar-refractivity contribution in [3.8, 4) is 0 Å². The van der Waals surface area contributed by atoms with Crippen LogP contribution < -0.4 is 0 Å². The normalized spacial score (nSPS) is 15.5. The Kier molecular flexibility index (Phi) is 6.13. The third-order valence-corrected chi connectivity index (χ3v) is 4.46. The Hall–Kier alpha value is -1.91. The number of amides is 2. The third kappa shape index (κ3) is 5.34. The van der Waals surface area contributed by atoms with Gasteiger partial charge < -0.3 is 9.80 Å². The van der Waals surface area contributed by atoms with E-state index in [4.69, 9.17) is 0 Å². The standard InChI is InChI=1S/C18H25FN2O2/c1-14-7-10-20(11-8-14)18(23)9-12-21(15(2)22)13-16-3-5-17(19)6-4-16/h3-6,14H,7-13H2,1-2H3. The number of carbonyl (C=O) groups excluding carboxylic acids is 2. The maximum absolute atomic E-state index is 12.9. The number of hydrogen-bond acceptors (Lipinski definition) is 2. The first-order valence-electron chi connectivity index (χ1n) is 8.23. The molecule has 2 rings (SSSR count). The SMILES string of the molecule is CC(=O)N(CCC(=O)N1CCC(C)CC1)Cc1ccc(F)cc1. The molecule has 1 heterocycles. The molecule has 1 aliphatic rings. The summed E-state index contributed by atoms with van der Waals surface area (Å²) in [7, 11) is 0. The number of hydrogen-bond donors (Lipinski definition) is 0. The summed E-state index contributed by atoms with van der Waals surface area (Å²) in [5.74, 6) is 0.431. The van der Waals surface area contributed by atoms with Gasteiger partial charge in [0, 0.05) is 39.5 Å². The maximum atomic E-state index is 12.9. The monoisotopic (exact) mass is 320 g/mol. The molecular formula is C18H25FN2O2. The molecule has 1 saturated heterocycles. The first-order chi connectivity index (χ1) is 11.0. The van der Waals surface area contributed by atoms with Crippen LogP contribution in [-0.2, 0) is 16.1 Å². The lowest BCUT2D eigenvalue weighted by molar-refractivity contribution is -0.134. The molecule has 0 N–H and O–H groups in total. The minimum absolute atomic E-state index is 0.0746. The van der Waals surface area contributed by atoms with Gasteiger partial charge in [0.2, 0.25) is 11.8 Å². The molecule has 1 fully saturated rings. The number of halogens is 1. The second-order valence-electron chi connectivity index (χ2n) is 6.38. The van der Waals surface area contributed by atoms with Crippen LogP contribution in [0.4, 0.5) is 4.39 Å². The summed E-state index contributed by atoms with van der Waals surface area (Å²) in [5.41, 5.74) is 0.862. The van der Waals surface area contributed by atoms with Gasteiger partial charge in [-0.05, 0) is 36.5 Å². The van der Waals surface area contributed by atoms with E-state index in [0.29, 0.717) is 25.4 Å². The fourth-order valence-electron chi connectivity index (χ4n) is 2.80. The minimum atomic E-state index is -0.294. The number of nitrogens with zero attached hydrogens (tertiary/aromatic N) is 2. The fourth-order valence-corrected chi connectivity index (χ4v) is 2.80. The summed E-state index contributed by atoms with van der Waals surface area (Å²) < 4.78 is 12.9. The molecule has 1 aliphatic heterocycles.